The Morgan fingerprint density at radius 2 is 2.00 bits per heavy atom. The molecule has 3 rings (SSSR count). The van der Waals surface area contributed by atoms with Gasteiger partial charge in [-0.05, 0) is 6.42 Å². The summed E-state index contributed by atoms with van der Waals surface area (Å²) >= 11 is 0. The zero-order chi connectivity index (χ0) is 8.44. The van der Waals surface area contributed by atoms with Crippen LogP contribution in [0.25, 0.3) is 0 Å². The van der Waals surface area contributed by atoms with E-state index in [2.05, 4.69) is 24.2 Å². The molecule has 0 atom stereocenters. The minimum Gasteiger partial charge on any atom is -1.00 e. The van der Waals surface area contributed by atoms with Crippen molar-refractivity contribution in [2.24, 2.45) is 0 Å². The van der Waals surface area contributed by atoms with Crippen LogP contribution in [0.1, 0.15) is 19.8 Å². The molecule has 2 nitrogen and oxygen atoms in total. The molecule has 13 heavy (non-hydrogen) atoms. The third-order valence-corrected chi connectivity index (χ3v) is 3.22. The lowest BCUT2D eigenvalue weighted by molar-refractivity contribution is -0.888. The van der Waals surface area contributed by atoms with Gasteiger partial charge in [0.2, 0.25) is 0 Å². The molecule has 0 aromatic carbocycles. The summed E-state index contributed by atoms with van der Waals surface area (Å²) in [5.41, 5.74) is 0. The van der Waals surface area contributed by atoms with Gasteiger partial charge in [0, 0.05) is 0 Å². The van der Waals surface area contributed by atoms with Gasteiger partial charge in [0.15, 0.2) is 0 Å². The molecule has 76 valence electrons. The predicted octanol–water partition coefficient (Wildman–Crippen LogP) is -1.59. The molecule has 0 saturated carbocycles. The van der Waals surface area contributed by atoms with Crippen molar-refractivity contribution < 1.29 is 21.5 Å². The minimum absolute atomic E-state index is 0. The molecular weight excluding hydrogens is 228 g/mol. The number of rotatable bonds is 3. The minimum atomic E-state index is 0. The third kappa shape index (κ3) is 2.26. The third-order valence-electron chi connectivity index (χ3n) is 3.22. The number of halogens is 1. The summed E-state index contributed by atoms with van der Waals surface area (Å²) in [7, 11) is 0. The lowest BCUT2D eigenvalue weighted by Crippen LogP contribution is -3.00. The molecule has 3 heterocycles. The van der Waals surface area contributed by atoms with E-state index in [0.29, 0.717) is 0 Å². The van der Waals surface area contributed by atoms with Crippen LogP contribution < -0.4 is 17.0 Å². The fourth-order valence-corrected chi connectivity index (χ4v) is 2.18. The van der Waals surface area contributed by atoms with Crippen LogP contribution in [0.15, 0.2) is 12.4 Å². The zero-order valence-corrected chi connectivity index (χ0v) is 9.96. The maximum atomic E-state index is 2.44. The van der Waals surface area contributed by atoms with Crippen molar-refractivity contribution >= 4 is 0 Å². The number of piperazine rings is 1. The van der Waals surface area contributed by atoms with E-state index in [1.54, 1.807) is 0 Å². The summed E-state index contributed by atoms with van der Waals surface area (Å²) in [4.78, 5) is 2.44. The highest BCUT2D eigenvalue weighted by atomic mass is 79.9. The first-order chi connectivity index (χ1) is 5.85. The number of hydrogen-bond donors (Lipinski definition) is 0. The Kier molecular flexibility index (Phi) is 3.80. The summed E-state index contributed by atoms with van der Waals surface area (Å²) in [6.07, 6.45) is 7.41. The van der Waals surface area contributed by atoms with E-state index in [-0.39, 0.29) is 17.0 Å². The van der Waals surface area contributed by atoms with E-state index in [4.69, 9.17) is 0 Å². The largest absolute Gasteiger partial charge is 1.00 e. The first-order valence-corrected chi connectivity index (χ1v) is 5.14. The molecule has 0 amide bonds. The van der Waals surface area contributed by atoms with Crippen molar-refractivity contribution in [2.75, 3.05) is 32.7 Å². The molecule has 0 radical (unpaired) electrons. The van der Waals surface area contributed by atoms with Crippen molar-refractivity contribution in [2.45, 2.75) is 19.8 Å². The van der Waals surface area contributed by atoms with Crippen LogP contribution in [0.4, 0.5) is 0 Å². The smallest absolute Gasteiger partial charge is 0.112 e. The number of quaternary nitrogens is 1. The molecule has 0 aromatic rings. The molecular formula is C10H19BrN2. The van der Waals surface area contributed by atoms with Gasteiger partial charge >= 0.3 is 0 Å². The van der Waals surface area contributed by atoms with Crippen LogP contribution in [0, 0.1) is 0 Å². The Balaban J connectivity index is 0.000000845. The number of hydrogen-bond acceptors (Lipinski definition) is 1. The van der Waals surface area contributed by atoms with Gasteiger partial charge in [-0.3, -0.25) is 4.48 Å². The van der Waals surface area contributed by atoms with E-state index in [9.17, 15) is 0 Å². The lowest BCUT2D eigenvalue weighted by atomic mass is 10.2. The van der Waals surface area contributed by atoms with Crippen LogP contribution in [-0.4, -0.2) is 42.1 Å². The quantitative estimate of drug-likeness (QED) is 0.543. The van der Waals surface area contributed by atoms with Crippen molar-refractivity contribution in [3.63, 3.8) is 0 Å². The van der Waals surface area contributed by atoms with E-state index in [1.807, 2.05) is 0 Å². The second-order valence-corrected chi connectivity index (χ2v) is 4.08. The summed E-state index contributed by atoms with van der Waals surface area (Å²) < 4.78 is 1.27. The van der Waals surface area contributed by atoms with E-state index in [0.717, 1.165) is 0 Å². The highest BCUT2D eigenvalue weighted by Gasteiger charge is 2.33. The number of unbranched alkanes of at least 4 members (excludes halogenated alkanes) is 1. The summed E-state index contributed by atoms with van der Waals surface area (Å²) in [5, 5.41) is 0. The molecule has 0 N–H and O–H groups in total. The van der Waals surface area contributed by atoms with Crippen LogP contribution in [0.2, 0.25) is 0 Å². The predicted molar refractivity (Wildman–Crippen MR) is 50.5 cm³/mol. The Bertz CT molecular complexity index is 183. The van der Waals surface area contributed by atoms with Crippen LogP contribution in [-0.2, 0) is 0 Å². The molecule has 0 spiro atoms. The highest BCUT2D eigenvalue weighted by molar-refractivity contribution is 4.86. The molecule has 0 aliphatic carbocycles. The normalized spacial score (nSPS) is 23.0. The van der Waals surface area contributed by atoms with Gasteiger partial charge in [-0.15, -0.1) is 0 Å². The SMILES string of the molecule is CCCC[N+]12C=CN(CC1)CC2.[Br-]. The van der Waals surface area contributed by atoms with Gasteiger partial charge in [0.25, 0.3) is 0 Å². The Morgan fingerprint density at radius 3 is 2.46 bits per heavy atom. The zero-order valence-electron chi connectivity index (χ0n) is 8.38. The van der Waals surface area contributed by atoms with Crippen LogP contribution >= 0.6 is 0 Å². The van der Waals surface area contributed by atoms with E-state index >= 15 is 0 Å². The highest BCUT2D eigenvalue weighted by Crippen LogP contribution is 2.21. The van der Waals surface area contributed by atoms with E-state index < -0.39 is 0 Å². The number of fused-ring (bicyclic) bond motifs is 2. The first kappa shape index (κ1) is 11.1. The maximum Gasteiger partial charge on any atom is 0.112 e. The Hall–Kier alpha value is -0.0200. The van der Waals surface area contributed by atoms with Crippen LogP contribution in [0.5, 0.6) is 0 Å². The second-order valence-electron chi connectivity index (χ2n) is 4.08. The van der Waals surface area contributed by atoms with Crippen molar-refractivity contribution in [3.8, 4) is 0 Å². The molecule has 1 fully saturated rings. The van der Waals surface area contributed by atoms with Crippen molar-refractivity contribution in [3.05, 3.63) is 12.4 Å². The van der Waals surface area contributed by atoms with Gasteiger partial charge in [-0.25, -0.2) is 0 Å². The fraction of sp³-hybridized carbons (Fsp3) is 0.800. The summed E-state index contributed by atoms with van der Waals surface area (Å²) in [5.74, 6) is 0. The molecule has 0 unspecified atom stereocenters. The molecule has 2 bridgehead atoms. The second kappa shape index (κ2) is 4.47. The average Bonchev–Trinajstić information content (AvgIpc) is 2.18. The molecule has 3 heteroatoms. The van der Waals surface area contributed by atoms with Crippen molar-refractivity contribution in [1.82, 2.24) is 4.90 Å². The molecule has 1 saturated heterocycles. The molecule has 3 aliphatic heterocycles. The van der Waals surface area contributed by atoms with Crippen LogP contribution in [0.3, 0.4) is 0 Å². The van der Waals surface area contributed by atoms with Gasteiger partial charge in [0.1, 0.15) is 19.3 Å². The molecule has 3 aliphatic rings. The summed E-state index contributed by atoms with van der Waals surface area (Å²) in [6, 6.07) is 0. The van der Waals surface area contributed by atoms with Gasteiger partial charge < -0.3 is 21.9 Å². The fourth-order valence-electron chi connectivity index (χ4n) is 2.18. The number of nitrogens with zero attached hydrogens (tertiary/aromatic N) is 2. The van der Waals surface area contributed by atoms with Gasteiger partial charge in [0.05, 0.1) is 25.8 Å². The Morgan fingerprint density at radius 1 is 1.31 bits per heavy atom. The van der Waals surface area contributed by atoms with Gasteiger partial charge in [-0.1, -0.05) is 13.3 Å². The average molecular weight is 247 g/mol. The van der Waals surface area contributed by atoms with Crippen molar-refractivity contribution in [1.29, 1.82) is 0 Å². The standard InChI is InChI=1S/C10H19N2.BrH/c1-2-3-7-12-8-4-11(5-9-12)6-10-12;/h4,8H,2-3,5-7,9-10H2,1H3;1H/q+1;/p-1. The monoisotopic (exact) mass is 246 g/mol. The first-order valence-electron chi connectivity index (χ1n) is 5.14. The summed E-state index contributed by atoms with van der Waals surface area (Å²) in [6.45, 7) is 8.89. The molecule has 0 aromatic heterocycles. The topological polar surface area (TPSA) is 3.24 Å². The Labute approximate surface area is 91.6 Å². The van der Waals surface area contributed by atoms with Gasteiger partial charge in [-0.2, -0.15) is 0 Å². The van der Waals surface area contributed by atoms with E-state index in [1.165, 1.54) is 50.0 Å². The lowest BCUT2D eigenvalue weighted by Gasteiger charge is -2.46. The maximum absolute atomic E-state index is 2.44.